The summed E-state index contributed by atoms with van der Waals surface area (Å²) in [5, 5.41) is 14.9. The quantitative estimate of drug-likeness (QED) is 0.726. The highest BCUT2D eigenvalue weighted by Crippen LogP contribution is 2.46. The number of halogens is 1. The number of alkyl carbamates (subject to hydrolysis) is 1. The van der Waals surface area contributed by atoms with Gasteiger partial charge in [0.2, 0.25) is 5.91 Å². The van der Waals surface area contributed by atoms with Crippen LogP contribution in [0.15, 0.2) is 24.3 Å². The van der Waals surface area contributed by atoms with Crippen molar-refractivity contribution in [3.05, 3.63) is 34.9 Å². The number of piperidine rings is 1. The van der Waals surface area contributed by atoms with Crippen molar-refractivity contribution >= 4 is 23.6 Å². The second-order valence-electron chi connectivity index (χ2n) is 10.5. The zero-order chi connectivity index (χ0) is 23.0. The highest BCUT2D eigenvalue weighted by molar-refractivity contribution is 6.30. The van der Waals surface area contributed by atoms with Crippen molar-refractivity contribution in [2.45, 2.75) is 78.0 Å². The van der Waals surface area contributed by atoms with E-state index < -0.39 is 28.2 Å². The van der Waals surface area contributed by atoms with Crippen LogP contribution in [0.25, 0.3) is 0 Å². The third-order valence-corrected chi connectivity index (χ3v) is 5.81. The van der Waals surface area contributed by atoms with E-state index in [9.17, 15) is 14.7 Å². The Morgan fingerprint density at radius 3 is 2.23 bits per heavy atom. The van der Waals surface area contributed by atoms with Gasteiger partial charge in [0.15, 0.2) is 0 Å². The predicted molar refractivity (Wildman–Crippen MR) is 118 cm³/mol. The fourth-order valence-electron chi connectivity index (χ4n) is 3.91. The molecule has 1 saturated heterocycles. The number of nitrogens with one attached hydrogen (secondary N) is 1. The van der Waals surface area contributed by atoms with Gasteiger partial charge in [-0.1, -0.05) is 37.6 Å². The summed E-state index contributed by atoms with van der Waals surface area (Å²) in [4.78, 5) is 26.9. The number of hydrogen-bond donors (Lipinski definition) is 2. The molecule has 168 valence electrons. The maximum Gasteiger partial charge on any atom is 0.408 e. The molecule has 1 aliphatic rings. The molecule has 0 aliphatic carbocycles. The van der Waals surface area contributed by atoms with Crippen LogP contribution >= 0.6 is 11.6 Å². The van der Waals surface area contributed by atoms with E-state index in [1.807, 2.05) is 26.0 Å². The van der Waals surface area contributed by atoms with Gasteiger partial charge >= 0.3 is 6.09 Å². The third kappa shape index (κ3) is 5.88. The Labute approximate surface area is 184 Å². The molecule has 0 bridgehead atoms. The summed E-state index contributed by atoms with van der Waals surface area (Å²) >= 11 is 5.99. The van der Waals surface area contributed by atoms with Gasteiger partial charge in [0.05, 0.1) is 5.60 Å². The molecule has 0 spiro atoms. The van der Waals surface area contributed by atoms with Crippen molar-refractivity contribution in [1.82, 2.24) is 10.2 Å². The van der Waals surface area contributed by atoms with Gasteiger partial charge in [0, 0.05) is 35.5 Å². The molecule has 0 aromatic heterocycles. The van der Waals surface area contributed by atoms with Crippen molar-refractivity contribution in [3.63, 3.8) is 0 Å². The second kappa shape index (κ2) is 8.39. The zero-order valence-corrected chi connectivity index (χ0v) is 19.9. The molecule has 1 heterocycles. The standard InChI is InChI=1S/C23H35ClN2O4/c1-20(2,3)30-19(28)25-22(6,7)14-18(27)26-13-12-23(29,21(4,5)15-26)16-8-10-17(24)11-9-16/h8-11,29H,12-15H2,1-7H3,(H,25,28)/t23-/m0/s1. The van der Waals surface area contributed by atoms with Crippen LogP contribution in [0.3, 0.4) is 0 Å². The van der Waals surface area contributed by atoms with Gasteiger partial charge in [-0.2, -0.15) is 0 Å². The molecule has 7 heteroatoms. The molecule has 2 rings (SSSR count). The summed E-state index contributed by atoms with van der Waals surface area (Å²) in [6.07, 6.45) is 0.0195. The van der Waals surface area contributed by atoms with E-state index in [0.717, 1.165) is 5.56 Å². The summed E-state index contributed by atoms with van der Waals surface area (Å²) in [5.41, 5.74) is -2.17. The third-order valence-electron chi connectivity index (χ3n) is 5.56. The number of carbonyl (C=O) groups is 2. The molecule has 1 aromatic carbocycles. The molecule has 1 aromatic rings. The average molecular weight is 439 g/mol. The molecule has 30 heavy (non-hydrogen) atoms. The first-order valence-corrected chi connectivity index (χ1v) is 10.7. The normalized spacial score (nSPS) is 21.8. The second-order valence-corrected chi connectivity index (χ2v) is 10.9. The van der Waals surface area contributed by atoms with Crippen molar-refractivity contribution in [2.75, 3.05) is 13.1 Å². The van der Waals surface area contributed by atoms with E-state index in [0.29, 0.717) is 24.5 Å². The molecule has 0 radical (unpaired) electrons. The van der Waals surface area contributed by atoms with E-state index >= 15 is 0 Å². The Balaban J connectivity index is 2.05. The number of hydrogen-bond acceptors (Lipinski definition) is 4. The van der Waals surface area contributed by atoms with E-state index in [4.69, 9.17) is 16.3 Å². The number of likely N-dealkylation sites (tertiary alicyclic amines) is 1. The van der Waals surface area contributed by atoms with Crippen LogP contribution in [0, 0.1) is 5.41 Å². The van der Waals surface area contributed by atoms with E-state index in [1.54, 1.807) is 51.7 Å². The van der Waals surface area contributed by atoms with Crippen LogP contribution in [-0.4, -0.2) is 46.2 Å². The first-order chi connectivity index (χ1) is 13.5. The monoisotopic (exact) mass is 438 g/mol. The van der Waals surface area contributed by atoms with Crippen molar-refractivity contribution in [1.29, 1.82) is 0 Å². The molecule has 1 atom stereocenters. The minimum atomic E-state index is -1.06. The van der Waals surface area contributed by atoms with Crippen LogP contribution in [0.2, 0.25) is 5.02 Å². The number of benzene rings is 1. The number of ether oxygens (including phenoxy) is 1. The summed E-state index contributed by atoms with van der Waals surface area (Å²) in [5.74, 6) is -0.0673. The number of carbonyl (C=O) groups excluding carboxylic acids is 2. The van der Waals surface area contributed by atoms with Crippen molar-refractivity contribution < 1.29 is 19.4 Å². The SMILES string of the molecule is CC(C)(CC(=O)N1CC[C@](O)(c2ccc(Cl)cc2)C(C)(C)C1)NC(=O)OC(C)(C)C. The molecule has 2 N–H and O–H groups in total. The van der Waals surface area contributed by atoms with Gasteiger partial charge in [-0.15, -0.1) is 0 Å². The topological polar surface area (TPSA) is 78.9 Å². The minimum absolute atomic E-state index is 0.0673. The first kappa shape index (κ1) is 24.5. The van der Waals surface area contributed by atoms with E-state index in [2.05, 4.69) is 5.32 Å². The van der Waals surface area contributed by atoms with Crippen molar-refractivity contribution in [2.24, 2.45) is 5.41 Å². The van der Waals surface area contributed by atoms with E-state index in [-0.39, 0.29) is 12.3 Å². The largest absolute Gasteiger partial charge is 0.444 e. The maximum atomic E-state index is 13.0. The minimum Gasteiger partial charge on any atom is -0.444 e. The lowest BCUT2D eigenvalue weighted by Crippen LogP contribution is -2.58. The number of rotatable bonds is 4. The Bertz CT molecular complexity index is 783. The van der Waals surface area contributed by atoms with Gasteiger partial charge in [-0.05, 0) is 58.7 Å². The Morgan fingerprint density at radius 2 is 1.73 bits per heavy atom. The molecule has 0 saturated carbocycles. The van der Waals surface area contributed by atoms with Crippen LogP contribution in [0.5, 0.6) is 0 Å². The maximum absolute atomic E-state index is 13.0. The highest BCUT2D eigenvalue weighted by atomic mass is 35.5. The van der Waals surface area contributed by atoms with Gasteiger partial charge in [0.1, 0.15) is 5.60 Å². The summed E-state index contributed by atoms with van der Waals surface area (Å²) in [6, 6.07) is 7.23. The lowest BCUT2D eigenvalue weighted by atomic mass is 9.66. The fraction of sp³-hybridized carbons (Fsp3) is 0.652. The van der Waals surface area contributed by atoms with E-state index in [1.165, 1.54) is 0 Å². The molecular formula is C23H35ClN2O4. The van der Waals surface area contributed by atoms with Gasteiger partial charge in [-0.3, -0.25) is 4.79 Å². The number of nitrogens with zero attached hydrogens (tertiary/aromatic N) is 1. The average Bonchev–Trinajstić information content (AvgIpc) is 2.54. The summed E-state index contributed by atoms with van der Waals surface area (Å²) in [7, 11) is 0. The fourth-order valence-corrected chi connectivity index (χ4v) is 4.04. The first-order valence-electron chi connectivity index (χ1n) is 10.3. The molecule has 1 fully saturated rings. The van der Waals surface area contributed by atoms with Crippen LogP contribution in [-0.2, 0) is 15.1 Å². The molecule has 2 amide bonds. The predicted octanol–water partition coefficient (Wildman–Crippen LogP) is 4.48. The Kier molecular flexibility index (Phi) is 6.84. The Morgan fingerprint density at radius 1 is 1.17 bits per heavy atom. The Hall–Kier alpha value is -1.79. The lowest BCUT2D eigenvalue weighted by Gasteiger charge is -2.51. The molecule has 1 aliphatic heterocycles. The molecule has 0 unspecified atom stereocenters. The summed E-state index contributed by atoms with van der Waals surface area (Å²) < 4.78 is 5.30. The zero-order valence-electron chi connectivity index (χ0n) is 19.1. The summed E-state index contributed by atoms with van der Waals surface area (Å²) in [6.45, 7) is 13.8. The number of amides is 2. The van der Waals surface area contributed by atoms with Crippen LogP contribution in [0.1, 0.15) is 66.9 Å². The number of aliphatic hydroxyl groups is 1. The highest BCUT2D eigenvalue weighted by Gasteiger charge is 2.49. The van der Waals surface area contributed by atoms with Crippen LogP contribution in [0.4, 0.5) is 4.79 Å². The van der Waals surface area contributed by atoms with Gasteiger partial charge in [-0.25, -0.2) is 4.79 Å². The van der Waals surface area contributed by atoms with Gasteiger partial charge in [0.25, 0.3) is 0 Å². The van der Waals surface area contributed by atoms with Gasteiger partial charge < -0.3 is 20.1 Å². The van der Waals surface area contributed by atoms with Crippen molar-refractivity contribution in [3.8, 4) is 0 Å². The molecule has 6 nitrogen and oxygen atoms in total. The smallest absolute Gasteiger partial charge is 0.408 e. The molecular weight excluding hydrogens is 404 g/mol. The lowest BCUT2D eigenvalue weighted by molar-refractivity contribution is -0.154. The van der Waals surface area contributed by atoms with Crippen LogP contribution < -0.4 is 5.32 Å².